The van der Waals surface area contributed by atoms with Gasteiger partial charge in [-0.2, -0.15) is 0 Å². The van der Waals surface area contributed by atoms with Gasteiger partial charge in [0.15, 0.2) is 0 Å². The Labute approximate surface area is 103 Å². The van der Waals surface area contributed by atoms with E-state index >= 15 is 0 Å². The van der Waals surface area contributed by atoms with E-state index in [1.807, 2.05) is 0 Å². The quantitative estimate of drug-likeness (QED) is 0.720. The molecular weight excluding hydrogens is 216 g/mol. The molecule has 1 amide bonds. The summed E-state index contributed by atoms with van der Waals surface area (Å²) in [6.07, 6.45) is 8.87. The van der Waals surface area contributed by atoms with Crippen LogP contribution in [-0.2, 0) is 9.53 Å². The molecule has 4 heteroatoms. The standard InChI is InChI=1S/C13H22N2O2/c14-10-13(6-8-17-9-7-13)12(16)15-11-4-2-1-3-5-11/h1-2,11H,3-10,14H2,(H,15,16). The molecule has 1 fully saturated rings. The highest BCUT2D eigenvalue weighted by Crippen LogP contribution is 2.30. The minimum absolute atomic E-state index is 0.128. The van der Waals surface area contributed by atoms with Crippen LogP contribution < -0.4 is 11.1 Å². The van der Waals surface area contributed by atoms with Crippen molar-refractivity contribution in [3.05, 3.63) is 12.2 Å². The molecule has 4 nitrogen and oxygen atoms in total. The van der Waals surface area contributed by atoms with Crippen LogP contribution in [0.5, 0.6) is 0 Å². The topological polar surface area (TPSA) is 64.4 Å². The Balaban J connectivity index is 1.94. The van der Waals surface area contributed by atoms with Gasteiger partial charge in [0.1, 0.15) is 0 Å². The van der Waals surface area contributed by atoms with Crippen LogP contribution in [0.25, 0.3) is 0 Å². The van der Waals surface area contributed by atoms with Crippen LogP contribution in [-0.4, -0.2) is 31.7 Å². The Kier molecular flexibility index (Phi) is 4.18. The maximum atomic E-state index is 12.3. The van der Waals surface area contributed by atoms with Gasteiger partial charge in [0.05, 0.1) is 5.41 Å². The lowest BCUT2D eigenvalue weighted by molar-refractivity contribution is -0.136. The summed E-state index contributed by atoms with van der Waals surface area (Å²) in [5, 5.41) is 3.15. The number of nitrogens with one attached hydrogen (secondary N) is 1. The molecule has 0 aromatic heterocycles. The van der Waals surface area contributed by atoms with Crippen LogP contribution in [0.15, 0.2) is 12.2 Å². The third-order valence-corrected chi connectivity index (χ3v) is 3.93. The highest BCUT2D eigenvalue weighted by atomic mass is 16.5. The van der Waals surface area contributed by atoms with E-state index in [9.17, 15) is 4.79 Å². The number of hydrogen-bond acceptors (Lipinski definition) is 3. The van der Waals surface area contributed by atoms with Crippen molar-refractivity contribution in [1.82, 2.24) is 5.32 Å². The number of carbonyl (C=O) groups excluding carboxylic acids is 1. The molecule has 0 bridgehead atoms. The van der Waals surface area contributed by atoms with Crippen molar-refractivity contribution in [2.75, 3.05) is 19.8 Å². The lowest BCUT2D eigenvalue weighted by Crippen LogP contribution is -2.51. The first kappa shape index (κ1) is 12.6. The fourth-order valence-corrected chi connectivity index (χ4v) is 2.55. The maximum Gasteiger partial charge on any atom is 0.227 e. The molecule has 0 spiro atoms. The molecule has 2 rings (SSSR count). The number of rotatable bonds is 3. The smallest absolute Gasteiger partial charge is 0.227 e. The molecule has 1 saturated heterocycles. The highest BCUT2D eigenvalue weighted by Gasteiger charge is 2.39. The predicted octanol–water partition coefficient (Wildman–Crippen LogP) is 0.967. The molecule has 17 heavy (non-hydrogen) atoms. The van der Waals surface area contributed by atoms with Crippen LogP contribution >= 0.6 is 0 Å². The van der Waals surface area contributed by atoms with Crippen molar-refractivity contribution in [3.8, 4) is 0 Å². The van der Waals surface area contributed by atoms with Crippen molar-refractivity contribution in [2.45, 2.75) is 38.1 Å². The minimum Gasteiger partial charge on any atom is -0.381 e. The fraction of sp³-hybridized carbons (Fsp3) is 0.769. The van der Waals surface area contributed by atoms with E-state index in [-0.39, 0.29) is 11.3 Å². The molecule has 1 heterocycles. The van der Waals surface area contributed by atoms with E-state index in [0.29, 0.717) is 25.8 Å². The van der Waals surface area contributed by atoms with Crippen LogP contribution in [0.4, 0.5) is 0 Å². The molecule has 1 aliphatic heterocycles. The Morgan fingerprint density at radius 3 is 2.76 bits per heavy atom. The zero-order valence-electron chi connectivity index (χ0n) is 10.3. The largest absolute Gasteiger partial charge is 0.381 e. The summed E-state index contributed by atoms with van der Waals surface area (Å²) in [4.78, 5) is 12.3. The molecule has 96 valence electrons. The van der Waals surface area contributed by atoms with E-state index in [4.69, 9.17) is 10.5 Å². The van der Waals surface area contributed by atoms with E-state index in [1.54, 1.807) is 0 Å². The molecule has 0 aromatic rings. The molecule has 1 aliphatic carbocycles. The molecule has 0 saturated carbocycles. The molecule has 0 radical (unpaired) electrons. The lowest BCUT2D eigenvalue weighted by Gasteiger charge is -2.36. The molecule has 3 N–H and O–H groups in total. The Morgan fingerprint density at radius 1 is 1.41 bits per heavy atom. The monoisotopic (exact) mass is 238 g/mol. The van der Waals surface area contributed by atoms with Gasteiger partial charge in [-0.25, -0.2) is 0 Å². The number of amides is 1. The van der Waals surface area contributed by atoms with Gasteiger partial charge >= 0.3 is 0 Å². The average molecular weight is 238 g/mol. The summed E-state index contributed by atoms with van der Waals surface area (Å²) in [7, 11) is 0. The van der Waals surface area contributed by atoms with Gasteiger partial charge in [-0.1, -0.05) is 12.2 Å². The van der Waals surface area contributed by atoms with E-state index < -0.39 is 0 Å². The first-order chi connectivity index (χ1) is 8.27. The molecule has 0 aromatic carbocycles. The minimum atomic E-state index is -0.389. The molecule has 1 unspecified atom stereocenters. The Hall–Kier alpha value is -0.870. The third kappa shape index (κ3) is 2.87. The second-order valence-electron chi connectivity index (χ2n) is 5.05. The lowest BCUT2D eigenvalue weighted by atomic mass is 9.79. The number of hydrogen-bond donors (Lipinski definition) is 2. The first-order valence-corrected chi connectivity index (χ1v) is 6.51. The summed E-state index contributed by atoms with van der Waals surface area (Å²) in [5.41, 5.74) is 5.42. The average Bonchev–Trinajstić information content (AvgIpc) is 2.40. The maximum absolute atomic E-state index is 12.3. The number of carbonyl (C=O) groups is 1. The van der Waals surface area contributed by atoms with E-state index in [2.05, 4.69) is 17.5 Å². The van der Waals surface area contributed by atoms with Crippen molar-refractivity contribution in [1.29, 1.82) is 0 Å². The Morgan fingerprint density at radius 2 is 2.18 bits per heavy atom. The summed E-state index contributed by atoms with van der Waals surface area (Å²) in [6.45, 7) is 1.72. The van der Waals surface area contributed by atoms with Gasteiger partial charge in [0.2, 0.25) is 5.91 Å². The van der Waals surface area contributed by atoms with Crippen LogP contribution in [0.2, 0.25) is 0 Å². The van der Waals surface area contributed by atoms with Gasteiger partial charge in [-0.05, 0) is 32.1 Å². The van der Waals surface area contributed by atoms with Crippen molar-refractivity contribution in [3.63, 3.8) is 0 Å². The zero-order valence-corrected chi connectivity index (χ0v) is 10.3. The van der Waals surface area contributed by atoms with E-state index in [1.165, 1.54) is 0 Å². The molecule has 2 aliphatic rings. The summed E-state index contributed by atoms with van der Waals surface area (Å²) < 4.78 is 5.32. The van der Waals surface area contributed by atoms with Crippen LogP contribution in [0.1, 0.15) is 32.1 Å². The van der Waals surface area contributed by atoms with Gasteiger partial charge in [0, 0.05) is 25.8 Å². The molecule has 1 atom stereocenters. The predicted molar refractivity (Wildman–Crippen MR) is 66.5 cm³/mol. The second kappa shape index (κ2) is 5.65. The van der Waals surface area contributed by atoms with Crippen LogP contribution in [0.3, 0.4) is 0 Å². The van der Waals surface area contributed by atoms with Crippen molar-refractivity contribution in [2.24, 2.45) is 11.1 Å². The highest BCUT2D eigenvalue weighted by molar-refractivity contribution is 5.83. The second-order valence-corrected chi connectivity index (χ2v) is 5.05. The van der Waals surface area contributed by atoms with Gasteiger partial charge in [-0.15, -0.1) is 0 Å². The molecular formula is C13H22N2O2. The van der Waals surface area contributed by atoms with E-state index in [0.717, 1.165) is 32.1 Å². The van der Waals surface area contributed by atoms with Gasteiger partial charge < -0.3 is 15.8 Å². The summed E-state index contributed by atoms with van der Waals surface area (Å²) >= 11 is 0. The summed E-state index contributed by atoms with van der Waals surface area (Å²) in [5.74, 6) is 0.128. The normalized spacial score (nSPS) is 27.7. The first-order valence-electron chi connectivity index (χ1n) is 6.51. The zero-order chi connectivity index (χ0) is 12.1. The number of nitrogens with two attached hydrogens (primary N) is 1. The van der Waals surface area contributed by atoms with Crippen LogP contribution in [0, 0.1) is 5.41 Å². The van der Waals surface area contributed by atoms with Crippen molar-refractivity contribution < 1.29 is 9.53 Å². The van der Waals surface area contributed by atoms with Gasteiger partial charge in [0.25, 0.3) is 0 Å². The fourth-order valence-electron chi connectivity index (χ4n) is 2.55. The Bertz CT molecular complexity index is 296. The third-order valence-electron chi connectivity index (χ3n) is 3.93. The SMILES string of the molecule is NCC1(C(=O)NC2CC=CCC2)CCOCC1. The van der Waals surface area contributed by atoms with Crippen molar-refractivity contribution >= 4 is 5.91 Å². The number of allylic oxidation sites excluding steroid dienone is 1. The van der Waals surface area contributed by atoms with Gasteiger partial charge in [-0.3, -0.25) is 4.79 Å². The number of ether oxygens (including phenoxy) is 1. The summed E-state index contributed by atoms with van der Waals surface area (Å²) in [6, 6.07) is 0.291.